The van der Waals surface area contributed by atoms with Gasteiger partial charge < -0.3 is 9.80 Å². The van der Waals surface area contributed by atoms with Gasteiger partial charge in [-0.3, -0.25) is 0 Å². The van der Waals surface area contributed by atoms with Gasteiger partial charge in [0.2, 0.25) is 0 Å². The fourth-order valence-corrected chi connectivity index (χ4v) is 2.96. The molecule has 0 spiro atoms. The zero-order chi connectivity index (χ0) is 14.5. The molecule has 0 saturated heterocycles. The molecule has 0 aliphatic rings. The summed E-state index contributed by atoms with van der Waals surface area (Å²) in [6, 6.07) is 13.3. The van der Waals surface area contributed by atoms with Gasteiger partial charge in [-0.2, -0.15) is 0 Å². The van der Waals surface area contributed by atoms with Crippen molar-refractivity contribution in [3.63, 3.8) is 0 Å². The highest BCUT2D eigenvalue weighted by atomic mass is 15.1. The lowest BCUT2D eigenvalue weighted by Gasteiger charge is -2.26. The van der Waals surface area contributed by atoms with Crippen molar-refractivity contribution in [1.82, 2.24) is 0 Å². The van der Waals surface area contributed by atoms with Crippen LogP contribution in [0.3, 0.4) is 0 Å². The molecule has 0 aliphatic heterocycles. The van der Waals surface area contributed by atoms with Crippen molar-refractivity contribution in [2.75, 3.05) is 36.0 Å². The largest absolute Gasteiger partial charge is 0.372 e. The molecule has 0 amide bonds. The van der Waals surface area contributed by atoms with Gasteiger partial charge in [0.1, 0.15) is 0 Å². The Bertz CT molecular complexity index is 503. The van der Waals surface area contributed by atoms with Crippen LogP contribution in [0.4, 0.5) is 11.4 Å². The molecule has 0 aliphatic carbocycles. The second-order valence-corrected chi connectivity index (χ2v) is 4.99. The first-order chi connectivity index (χ1) is 9.76. The lowest BCUT2D eigenvalue weighted by Crippen LogP contribution is -2.23. The molecule has 2 aromatic rings. The minimum atomic E-state index is 1.05. The van der Waals surface area contributed by atoms with Gasteiger partial charge in [-0.15, -0.1) is 0 Å². The van der Waals surface area contributed by atoms with Crippen LogP contribution < -0.4 is 9.80 Å². The summed E-state index contributed by atoms with van der Waals surface area (Å²) in [6.07, 6.45) is 0. The van der Waals surface area contributed by atoms with Crippen molar-refractivity contribution in [3.05, 3.63) is 36.4 Å². The lowest BCUT2D eigenvalue weighted by atomic mass is 10.0. The van der Waals surface area contributed by atoms with E-state index in [4.69, 9.17) is 0 Å². The predicted molar refractivity (Wildman–Crippen MR) is 91.1 cm³/mol. The van der Waals surface area contributed by atoms with Crippen LogP contribution in [0, 0.1) is 0 Å². The van der Waals surface area contributed by atoms with Crippen LogP contribution in [-0.4, -0.2) is 26.2 Å². The van der Waals surface area contributed by atoms with E-state index >= 15 is 0 Å². The van der Waals surface area contributed by atoms with Crippen LogP contribution in [0.1, 0.15) is 27.7 Å². The zero-order valence-electron chi connectivity index (χ0n) is 13.2. The van der Waals surface area contributed by atoms with Crippen molar-refractivity contribution in [3.8, 4) is 0 Å². The van der Waals surface area contributed by atoms with E-state index in [0.717, 1.165) is 26.2 Å². The molecular weight excluding hydrogens is 244 g/mol. The molecule has 0 radical (unpaired) electrons. The normalized spacial score (nSPS) is 10.8. The van der Waals surface area contributed by atoms with Crippen LogP contribution in [0.2, 0.25) is 0 Å². The summed E-state index contributed by atoms with van der Waals surface area (Å²) in [5.41, 5.74) is 2.70. The third-order valence-corrected chi connectivity index (χ3v) is 4.08. The van der Waals surface area contributed by atoms with Crippen molar-refractivity contribution in [2.45, 2.75) is 27.7 Å². The highest BCUT2D eigenvalue weighted by Crippen LogP contribution is 2.33. The Morgan fingerprint density at radius 3 is 1.25 bits per heavy atom. The second-order valence-electron chi connectivity index (χ2n) is 4.99. The first-order valence-electron chi connectivity index (χ1n) is 7.78. The molecular formula is C18H26N2. The lowest BCUT2D eigenvalue weighted by molar-refractivity contribution is 0.867. The fourth-order valence-electron chi connectivity index (χ4n) is 2.96. The smallest absolute Gasteiger partial charge is 0.0446 e. The molecule has 0 heterocycles. The quantitative estimate of drug-likeness (QED) is 0.761. The number of rotatable bonds is 6. The number of hydrogen-bond acceptors (Lipinski definition) is 2. The van der Waals surface area contributed by atoms with E-state index in [9.17, 15) is 0 Å². The standard InChI is InChI=1S/C18H26N2/c1-5-19(6-2)17-13-9-12-16-15(17)11-10-14-18(16)20(7-3)8-4/h9-14H,5-8H2,1-4H3. The molecule has 2 heteroatoms. The van der Waals surface area contributed by atoms with Crippen LogP contribution >= 0.6 is 0 Å². The summed E-state index contributed by atoms with van der Waals surface area (Å²) < 4.78 is 0. The summed E-state index contributed by atoms with van der Waals surface area (Å²) in [5.74, 6) is 0. The zero-order valence-corrected chi connectivity index (χ0v) is 13.2. The van der Waals surface area contributed by atoms with Crippen LogP contribution in [0.25, 0.3) is 10.8 Å². The Balaban J connectivity index is 2.62. The first-order valence-corrected chi connectivity index (χ1v) is 7.78. The molecule has 20 heavy (non-hydrogen) atoms. The summed E-state index contributed by atoms with van der Waals surface area (Å²) >= 11 is 0. The number of anilines is 2. The number of hydrogen-bond donors (Lipinski definition) is 0. The average Bonchev–Trinajstić information content (AvgIpc) is 2.50. The predicted octanol–water partition coefficient (Wildman–Crippen LogP) is 4.53. The van der Waals surface area contributed by atoms with Crippen LogP contribution in [0.5, 0.6) is 0 Å². The van der Waals surface area contributed by atoms with Gasteiger partial charge in [0.25, 0.3) is 0 Å². The molecule has 0 unspecified atom stereocenters. The number of benzene rings is 2. The minimum absolute atomic E-state index is 1.05. The Morgan fingerprint density at radius 1 is 0.600 bits per heavy atom. The molecule has 0 bridgehead atoms. The molecule has 0 N–H and O–H groups in total. The van der Waals surface area contributed by atoms with E-state index in [-0.39, 0.29) is 0 Å². The molecule has 0 aromatic heterocycles. The van der Waals surface area contributed by atoms with Gasteiger partial charge in [0.05, 0.1) is 0 Å². The fraction of sp³-hybridized carbons (Fsp3) is 0.444. The summed E-state index contributed by atoms with van der Waals surface area (Å²) in [7, 11) is 0. The molecule has 0 saturated carbocycles. The van der Waals surface area contributed by atoms with E-state index in [1.807, 2.05) is 0 Å². The molecule has 0 atom stereocenters. The van der Waals surface area contributed by atoms with Crippen molar-refractivity contribution in [1.29, 1.82) is 0 Å². The highest BCUT2D eigenvalue weighted by Gasteiger charge is 2.11. The van der Waals surface area contributed by atoms with E-state index in [0.29, 0.717) is 0 Å². The van der Waals surface area contributed by atoms with Gasteiger partial charge in [-0.25, -0.2) is 0 Å². The number of nitrogens with zero attached hydrogens (tertiary/aromatic N) is 2. The third-order valence-electron chi connectivity index (χ3n) is 4.08. The average molecular weight is 270 g/mol. The maximum atomic E-state index is 2.42. The van der Waals surface area contributed by atoms with Crippen LogP contribution in [0.15, 0.2) is 36.4 Å². The molecule has 2 rings (SSSR count). The van der Waals surface area contributed by atoms with E-state index in [2.05, 4.69) is 73.9 Å². The van der Waals surface area contributed by atoms with E-state index in [1.165, 1.54) is 22.1 Å². The van der Waals surface area contributed by atoms with Crippen molar-refractivity contribution >= 4 is 22.1 Å². The molecule has 2 aromatic carbocycles. The van der Waals surface area contributed by atoms with Gasteiger partial charge in [0, 0.05) is 48.3 Å². The minimum Gasteiger partial charge on any atom is -0.372 e. The topological polar surface area (TPSA) is 6.48 Å². The van der Waals surface area contributed by atoms with Gasteiger partial charge in [0.15, 0.2) is 0 Å². The second kappa shape index (κ2) is 6.65. The summed E-state index contributed by atoms with van der Waals surface area (Å²) in [6.45, 7) is 13.1. The van der Waals surface area contributed by atoms with Gasteiger partial charge >= 0.3 is 0 Å². The Hall–Kier alpha value is -1.70. The maximum absolute atomic E-state index is 2.42. The summed E-state index contributed by atoms with van der Waals surface area (Å²) in [4.78, 5) is 4.85. The highest BCUT2D eigenvalue weighted by molar-refractivity contribution is 6.02. The molecule has 2 nitrogen and oxygen atoms in total. The Morgan fingerprint density at radius 2 is 0.950 bits per heavy atom. The van der Waals surface area contributed by atoms with Gasteiger partial charge in [-0.05, 0) is 39.8 Å². The molecule has 108 valence electrons. The SMILES string of the molecule is CCN(CC)c1cccc2c(N(CC)CC)cccc12. The third kappa shape index (κ3) is 2.60. The Labute approximate surface area is 123 Å². The van der Waals surface area contributed by atoms with E-state index in [1.54, 1.807) is 0 Å². The van der Waals surface area contributed by atoms with E-state index < -0.39 is 0 Å². The first kappa shape index (κ1) is 14.7. The maximum Gasteiger partial charge on any atom is 0.0446 e. The Kier molecular flexibility index (Phi) is 4.89. The monoisotopic (exact) mass is 270 g/mol. The number of fused-ring (bicyclic) bond motifs is 1. The van der Waals surface area contributed by atoms with Crippen molar-refractivity contribution in [2.24, 2.45) is 0 Å². The summed E-state index contributed by atoms with van der Waals surface area (Å²) in [5, 5.41) is 2.72. The molecule has 0 fully saturated rings. The van der Waals surface area contributed by atoms with Crippen molar-refractivity contribution < 1.29 is 0 Å². The van der Waals surface area contributed by atoms with Gasteiger partial charge in [-0.1, -0.05) is 24.3 Å². The van der Waals surface area contributed by atoms with Crippen LogP contribution in [-0.2, 0) is 0 Å².